The first-order chi connectivity index (χ1) is 15.4. The molecule has 0 aliphatic rings. The van der Waals surface area contributed by atoms with Crippen molar-refractivity contribution in [3.8, 4) is 11.4 Å². The summed E-state index contributed by atoms with van der Waals surface area (Å²) in [6, 6.07) is 18.4. The van der Waals surface area contributed by atoms with Gasteiger partial charge in [0.05, 0.1) is 12.4 Å². The van der Waals surface area contributed by atoms with E-state index in [2.05, 4.69) is 22.3 Å². The van der Waals surface area contributed by atoms with Gasteiger partial charge < -0.3 is 9.64 Å². The van der Waals surface area contributed by atoms with Crippen LogP contribution in [-0.4, -0.2) is 50.0 Å². The first kappa shape index (κ1) is 23.9. The van der Waals surface area contributed by atoms with Crippen LogP contribution in [0.15, 0.2) is 59.8 Å². The molecule has 1 aromatic heterocycles. The Labute approximate surface area is 195 Å². The molecule has 0 atom stereocenters. The van der Waals surface area contributed by atoms with Crippen molar-refractivity contribution in [1.82, 2.24) is 19.7 Å². The van der Waals surface area contributed by atoms with Crippen LogP contribution in [-0.2, 0) is 11.2 Å². The quantitative estimate of drug-likeness (QED) is 0.405. The fourth-order valence-electron chi connectivity index (χ4n) is 3.78. The van der Waals surface area contributed by atoms with Gasteiger partial charge in [-0.3, -0.25) is 9.36 Å². The Bertz CT molecular complexity index is 993. The van der Waals surface area contributed by atoms with Gasteiger partial charge in [-0.2, -0.15) is 0 Å². The number of rotatable bonds is 10. The summed E-state index contributed by atoms with van der Waals surface area (Å²) in [7, 11) is 0. The van der Waals surface area contributed by atoms with Crippen molar-refractivity contribution >= 4 is 17.7 Å². The number of hydrogen-bond acceptors (Lipinski definition) is 5. The molecule has 2 aromatic carbocycles. The molecule has 0 N–H and O–H groups in total. The summed E-state index contributed by atoms with van der Waals surface area (Å²) < 4.78 is 7.63. The lowest BCUT2D eigenvalue weighted by atomic mass is 10.1. The van der Waals surface area contributed by atoms with Crippen molar-refractivity contribution in [2.75, 3.05) is 12.4 Å². The summed E-state index contributed by atoms with van der Waals surface area (Å²) in [4.78, 5) is 14.8. The molecular formula is C25H32N4O2S. The Morgan fingerprint density at radius 1 is 1.00 bits per heavy atom. The van der Waals surface area contributed by atoms with E-state index in [4.69, 9.17) is 4.74 Å². The molecule has 0 unspecified atom stereocenters. The van der Waals surface area contributed by atoms with Crippen LogP contribution >= 0.6 is 11.8 Å². The van der Waals surface area contributed by atoms with E-state index < -0.39 is 0 Å². The van der Waals surface area contributed by atoms with Crippen LogP contribution in [0.1, 0.15) is 46.0 Å². The Balaban J connectivity index is 1.89. The molecule has 0 radical (unpaired) electrons. The van der Waals surface area contributed by atoms with E-state index >= 15 is 0 Å². The average molecular weight is 453 g/mol. The summed E-state index contributed by atoms with van der Waals surface area (Å²) >= 11 is 1.43. The summed E-state index contributed by atoms with van der Waals surface area (Å²) in [5.74, 6) is 2.07. The normalized spacial score (nSPS) is 11.2. The highest BCUT2D eigenvalue weighted by Gasteiger charge is 2.22. The number of hydrogen-bond donors (Lipinski definition) is 0. The van der Waals surface area contributed by atoms with Gasteiger partial charge in [0.2, 0.25) is 5.91 Å². The standard InChI is InChI=1S/C25H32N4O2S/c1-6-31-22-14-12-21(13-15-22)29-23(16-20-10-8-7-9-11-20)26-27-25(29)32-17-24(30)28(18(2)3)19(4)5/h7-15,18-19H,6,16-17H2,1-5H3. The highest BCUT2D eigenvalue weighted by atomic mass is 32.2. The Kier molecular flexibility index (Phi) is 8.33. The minimum atomic E-state index is 0.103. The molecule has 7 heteroatoms. The van der Waals surface area contributed by atoms with Crippen molar-refractivity contribution in [3.63, 3.8) is 0 Å². The molecule has 0 saturated heterocycles. The van der Waals surface area contributed by atoms with E-state index in [1.165, 1.54) is 11.8 Å². The third-order valence-electron chi connectivity index (χ3n) is 5.04. The zero-order valence-electron chi connectivity index (χ0n) is 19.5. The Morgan fingerprint density at radius 2 is 1.66 bits per heavy atom. The number of carbonyl (C=O) groups is 1. The zero-order chi connectivity index (χ0) is 23.1. The molecule has 6 nitrogen and oxygen atoms in total. The van der Waals surface area contributed by atoms with Crippen LogP contribution in [0.3, 0.4) is 0 Å². The highest BCUT2D eigenvalue weighted by molar-refractivity contribution is 7.99. The minimum absolute atomic E-state index is 0.103. The fourth-order valence-corrected chi connectivity index (χ4v) is 4.62. The number of carbonyl (C=O) groups excluding carboxylic acids is 1. The lowest BCUT2D eigenvalue weighted by molar-refractivity contribution is -0.131. The molecule has 32 heavy (non-hydrogen) atoms. The number of benzene rings is 2. The van der Waals surface area contributed by atoms with Gasteiger partial charge in [-0.1, -0.05) is 42.1 Å². The van der Waals surface area contributed by atoms with Gasteiger partial charge in [0.15, 0.2) is 5.16 Å². The Morgan fingerprint density at radius 3 is 2.25 bits per heavy atom. The second kappa shape index (κ2) is 11.2. The van der Waals surface area contributed by atoms with Gasteiger partial charge in [0.25, 0.3) is 0 Å². The van der Waals surface area contributed by atoms with Crippen molar-refractivity contribution in [1.29, 1.82) is 0 Å². The third-order valence-corrected chi connectivity index (χ3v) is 5.95. The summed E-state index contributed by atoms with van der Waals surface area (Å²) in [5.41, 5.74) is 2.11. The Hall–Kier alpha value is -2.80. The monoisotopic (exact) mass is 452 g/mol. The predicted molar refractivity (Wildman–Crippen MR) is 130 cm³/mol. The maximum absolute atomic E-state index is 12.9. The fraction of sp³-hybridized carbons (Fsp3) is 0.400. The molecule has 0 spiro atoms. The second-order valence-corrected chi connectivity index (χ2v) is 9.04. The zero-order valence-corrected chi connectivity index (χ0v) is 20.3. The molecule has 3 rings (SSSR count). The summed E-state index contributed by atoms with van der Waals surface area (Å²) in [6.07, 6.45) is 0.652. The van der Waals surface area contributed by atoms with E-state index in [-0.39, 0.29) is 18.0 Å². The number of thioether (sulfide) groups is 1. The van der Waals surface area contributed by atoms with Gasteiger partial charge in [-0.05, 0) is 64.4 Å². The average Bonchev–Trinajstić information content (AvgIpc) is 3.15. The molecule has 0 saturated carbocycles. The molecule has 0 aliphatic carbocycles. The summed E-state index contributed by atoms with van der Waals surface area (Å²) in [6.45, 7) is 10.8. The van der Waals surface area contributed by atoms with Crippen LogP contribution in [0, 0.1) is 0 Å². The van der Waals surface area contributed by atoms with Gasteiger partial charge in [0.1, 0.15) is 11.6 Å². The largest absolute Gasteiger partial charge is 0.494 e. The molecular weight excluding hydrogens is 420 g/mol. The van der Waals surface area contributed by atoms with Crippen LogP contribution in [0.2, 0.25) is 0 Å². The summed E-state index contributed by atoms with van der Waals surface area (Å²) in [5, 5.41) is 9.63. The third kappa shape index (κ3) is 5.91. The molecule has 0 fully saturated rings. The van der Waals surface area contributed by atoms with E-state index in [9.17, 15) is 4.79 Å². The first-order valence-electron chi connectivity index (χ1n) is 11.1. The van der Waals surface area contributed by atoms with Gasteiger partial charge in [-0.25, -0.2) is 0 Å². The van der Waals surface area contributed by atoms with Crippen molar-refractivity contribution in [2.24, 2.45) is 0 Å². The SMILES string of the molecule is CCOc1ccc(-n2c(Cc3ccccc3)nnc2SCC(=O)N(C(C)C)C(C)C)cc1. The van der Waals surface area contributed by atoms with Crippen LogP contribution in [0.4, 0.5) is 0 Å². The minimum Gasteiger partial charge on any atom is -0.494 e. The number of aromatic nitrogens is 3. The molecule has 0 aliphatic heterocycles. The highest BCUT2D eigenvalue weighted by Crippen LogP contribution is 2.26. The number of ether oxygens (including phenoxy) is 1. The first-order valence-corrected chi connectivity index (χ1v) is 12.0. The van der Waals surface area contributed by atoms with E-state index in [1.54, 1.807) is 0 Å². The van der Waals surface area contributed by atoms with Crippen molar-refractivity contribution < 1.29 is 9.53 Å². The predicted octanol–water partition coefficient (Wildman–Crippen LogP) is 4.99. The molecule has 170 valence electrons. The van der Waals surface area contributed by atoms with E-state index in [1.807, 2.05) is 86.6 Å². The van der Waals surface area contributed by atoms with E-state index in [0.29, 0.717) is 23.9 Å². The van der Waals surface area contributed by atoms with Gasteiger partial charge >= 0.3 is 0 Å². The topological polar surface area (TPSA) is 60.2 Å². The number of amides is 1. The van der Waals surface area contributed by atoms with Crippen LogP contribution < -0.4 is 4.74 Å². The van der Waals surface area contributed by atoms with Crippen LogP contribution in [0.5, 0.6) is 5.75 Å². The van der Waals surface area contributed by atoms with Crippen LogP contribution in [0.25, 0.3) is 5.69 Å². The van der Waals surface area contributed by atoms with Crippen molar-refractivity contribution in [2.45, 2.75) is 58.3 Å². The molecule has 0 bridgehead atoms. The lowest BCUT2D eigenvalue weighted by Gasteiger charge is -2.30. The van der Waals surface area contributed by atoms with Gasteiger partial charge in [-0.15, -0.1) is 10.2 Å². The molecule has 3 aromatic rings. The number of nitrogens with zero attached hydrogens (tertiary/aromatic N) is 4. The maximum atomic E-state index is 12.9. The second-order valence-electron chi connectivity index (χ2n) is 8.10. The van der Waals surface area contributed by atoms with Gasteiger partial charge in [0, 0.05) is 24.2 Å². The molecule has 1 heterocycles. The van der Waals surface area contributed by atoms with E-state index in [0.717, 1.165) is 22.8 Å². The smallest absolute Gasteiger partial charge is 0.233 e. The maximum Gasteiger partial charge on any atom is 0.233 e. The lowest BCUT2D eigenvalue weighted by Crippen LogP contribution is -2.43. The molecule has 1 amide bonds. The van der Waals surface area contributed by atoms with Crippen molar-refractivity contribution in [3.05, 3.63) is 66.0 Å².